The summed E-state index contributed by atoms with van der Waals surface area (Å²) in [6.07, 6.45) is 4.93. The Labute approximate surface area is 135 Å². The number of hydrogen-bond donors (Lipinski definition) is 0. The lowest BCUT2D eigenvalue weighted by molar-refractivity contribution is 0.0374. The Bertz CT molecular complexity index is 572. The van der Waals surface area contributed by atoms with Gasteiger partial charge in [0.05, 0.1) is 18.2 Å². The topological polar surface area (TPSA) is 25.4 Å². The minimum Gasteiger partial charge on any atom is -0.374 e. The molecule has 1 saturated carbocycles. The Morgan fingerprint density at radius 2 is 1.91 bits per heavy atom. The average molecular weight is 314 g/mol. The minimum absolute atomic E-state index is 0.459. The molecule has 1 aromatic carbocycles. The van der Waals surface area contributed by atoms with Crippen LogP contribution in [0, 0.1) is 11.8 Å². The predicted octanol–water partition coefficient (Wildman–Crippen LogP) is 3.57. The van der Waals surface area contributed by atoms with Gasteiger partial charge in [-0.1, -0.05) is 30.3 Å². The summed E-state index contributed by atoms with van der Waals surface area (Å²) in [7, 11) is 0. The summed E-state index contributed by atoms with van der Waals surface area (Å²) in [6.45, 7) is 4.30. The number of thiazole rings is 1. The molecule has 1 aliphatic heterocycles. The molecule has 0 bridgehead atoms. The van der Waals surface area contributed by atoms with Gasteiger partial charge >= 0.3 is 0 Å². The van der Waals surface area contributed by atoms with Gasteiger partial charge in [-0.25, -0.2) is 0 Å². The molecule has 1 aromatic heterocycles. The van der Waals surface area contributed by atoms with Crippen molar-refractivity contribution in [2.75, 3.05) is 13.1 Å². The molecule has 2 heterocycles. The van der Waals surface area contributed by atoms with E-state index in [0.717, 1.165) is 25.0 Å². The fourth-order valence-electron chi connectivity index (χ4n) is 3.94. The van der Waals surface area contributed by atoms with Crippen molar-refractivity contribution < 1.29 is 4.74 Å². The second-order valence-electron chi connectivity index (χ2n) is 6.57. The minimum atomic E-state index is 0.459. The van der Waals surface area contributed by atoms with E-state index in [2.05, 4.69) is 40.2 Å². The summed E-state index contributed by atoms with van der Waals surface area (Å²) in [6, 6.07) is 10.5. The molecule has 1 saturated heterocycles. The highest BCUT2D eigenvalue weighted by Crippen LogP contribution is 2.40. The lowest BCUT2D eigenvalue weighted by atomic mass is 10.0. The molecule has 3 atom stereocenters. The summed E-state index contributed by atoms with van der Waals surface area (Å²) in [4.78, 5) is 8.15. The molecule has 0 amide bonds. The summed E-state index contributed by atoms with van der Waals surface area (Å²) in [5, 5.41) is 0. The van der Waals surface area contributed by atoms with Gasteiger partial charge < -0.3 is 4.74 Å². The molecular formula is C18H22N2OS. The molecule has 2 fully saturated rings. The van der Waals surface area contributed by atoms with E-state index in [0.29, 0.717) is 6.10 Å². The standard InChI is InChI=1S/C18H22N2OS/c1-2-4-14(5-3-1)12-21-17-6-15-9-20(10-16(15)7-17)11-18-8-19-13-22-18/h1-5,8,13,15-17H,6-7,9-12H2/t15-,16+,17?. The van der Waals surface area contributed by atoms with Gasteiger partial charge in [0, 0.05) is 30.7 Å². The third kappa shape index (κ3) is 3.24. The van der Waals surface area contributed by atoms with E-state index >= 15 is 0 Å². The van der Waals surface area contributed by atoms with Gasteiger partial charge in [0.25, 0.3) is 0 Å². The largest absolute Gasteiger partial charge is 0.374 e. The monoisotopic (exact) mass is 314 g/mol. The summed E-state index contributed by atoms with van der Waals surface area (Å²) in [5.74, 6) is 1.65. The van der Waals surface area contributed by atoms with Crippen LogP contribution >= 0.6 is 11.3 Å². The zero-order chi connectivity index (χ0) is 14.8. The van der Waals surface area contributed by atoms with E-state index in [9.17, 15) is 0 Å². The molecule has 0 radical (unpaired) electrons. The van der Waals surface area contributed by atoms with Crippen molar-refractivity contribution in [3.05, 3.63) is 52.5 Å². The first kappa shape index (κ1) is 14.4. The molecule has 22 heavy (non-hydrogen) atoms. The quantitative estimate of drug-likeness (QED) is 0.843. The van der Waals surface area contributed by atoms with E-state index in [1.54, 1.807) is 11.3 Å². The van der Waals surface area contributed by atoms with E-state index in [4.69, 9.17) is 4.74 Å². The average Bonchev–Trinajstić information content (AvgIpc) is 3.23. The van der Waals surface area contributed by atoms with Crippen LogP contribution < -0.4 is 0 Å². The lowest BCUT2D eigenvalue weighted by Gasteiger charge is -2.18. The fourth-order valence-corrected chi connectivity index (χ4v) is 4.57. The second kappa shape index (κ2) is 6.49. The number of likely N-dealkylation sites (tertiary alicyclic amines) is 1. The fraction of sp³-hybridized carbons (Fsp3) is 0.500. The van der Waals surface area contributed by atoms with Crippen LogP contribution in [0.3, 0.4) is 0 Å². The highest BCUT2D eigenvalue weighted by atomic mass is 32.1. The Morgan fingerprint density at radius 3 is 2.59 bits per heavy atom. The number of rotatable bonds is 5. The first-order valence-corrected chi connectivity index (χ1v) is 9.00. The van der Waals surface area contributed by atoms with Crippen LogP contribution in [0.2, 0.25) is 0 Å². The van der Waals surface area contributed by atoms with Gasteiger partial charge in [-0.3, -0.25) is 9.88 Å². The third-order valence-corrected chi connectivity index (χ3v) is 5.74. The lowest BCUT2D eigenvalue weighted by Crippen LogP contribution is -2.22. The van der Waals surface area contributed by atoms with Crippen LogP contribution in [-0.4, -0.2) is 29.1 Å². The molecule has 4 rings (SSSR count). The number of ether oxygens (including phenoxy) is 1. The number of benzene rings is 1. The molecule has 0 N–H and O–H groups in total. The van der Waals surface area contributed by atoms with E-state index in [-0.39, 0.29) is 0 Å². The molecule has 1 unspecified atom stereocenters. The molecule has 2 aromatic rings. The summed E-state index contributed by atoms with van der Waals surface area (Å²) < 4.78 is 6.14. The number of nitrogens with zero attached hydrogens (tertiary/aromatic N) is 2. The van der Waals surface area contributed by atoms with Gasteiger partial charge in [-0.05, 0) is 30.2 Å². The third-order valence-electron chi connectivity index (χ3n) is 4.97. The molecule has 116 valence electrons. The maximum Gasteiger partial charge on any atom is 0.0794 e. The van der Waals surface area contributed by atoms with Crippen LogP contribution in [0.4, 0.5) is 0 Å². The van der Waals surface area contributed by atoms with Crippen LogP contribution in [0.25, 0.3) is 0 Å². The zero-order valence-electron chi connectivity index (χ0n) is 12.7. The smallest absolute Gasteiger partial charge is 0.0794 e. The Hall–Kier alpha value is -1.23. The maximum absolute atomic E-state index is 6.14. The highest BCUT2D eigenvalue weighted by molar-refractivity contribution is 7.09. The summed E-state index contributed by atoms with van der Waals surface area (Å²) >= 11 is 1.77. The van der Waals surface area contributed by atoms with Crippen molar-refractivity contribution in [3.8, 4) is 0 Å². The Kier molecular flexibility index (Phi) is 4.24. The SMILES string of the molecule is c1ccc(COC2C[C@@H]3CN(Cc4cncs4)C[C@@H]3C2)cc1. The van der Waals surface area contributed by atoms with Crippen molar-refractivity contribution in [1.82, 2.24) is 9.88 Å². The Balaban J connectivity index is 1.25. The number of fused-ring (bicyclic) bond motifs is 1. The van der Waals surface area contributed by atoms with Crippen molar-refractivity contribution in [2.45, 2.75) is 32.1 Å². The van der Waals surface area contributed by atoms with Gasteiger partial charge in [0.2, 0.25) is 0 Å². The molecule has 4 heteroatoms. The molecule has 3 nitrogen and oxygen atoms in total. The summed E-state index contributed by atoms with van der Waals surface area (Å²) in [5.41, 5.74) is 3.21. The van der Waals surface area contributed by atoms with Crippen LogP contribution in [0.1, 0.15) is 23.3 Å². The van der Waals surface area contributed by atoms with Crippen LogP contribution in [0.15, 0.2) is 42.0 Å². The van der Waals surface area contributed by atoms with Crippen molar-refractivity contribution in [1.29, 1.82) is 0 Å². The van der Waals surface area contributed by atoms with E-state index < -0.39 is 0 Å². The molecule has 1 aliphatic carbocycles. The van der Waals surface area contributed by atoms with Crippen LogP contribution in [0.5, 0.6) is 0 Å². The predicted molar refractivity (Wildman–Crippen MR) is 88.6 cm³/mol. The molecule has 2 aliphatic rings. The second-order valence-corrected chi connectivity index (χ2v) is 7.54. The maximum atomic E-state index is 6.14. The van der Waals surface area contributed by atoms with Crippen molar-refractivity contribution >= 4 is 11.3 Å². The highest BCUT2D eigenvalue weighted by Gasteiger charge is 2.41. The van der Waals surface area contributed by atoms with Crippen molar-refractivity contribution in [3.63, 3.8) is 0 Å². The first-order chi connectivity index (χ1) is 10.9. The van der Waals surface area contributed by atoms with Gasteiger partial charge in [-0.15, -0.1) is 11.3 Å². The van der Waals surface area contributed by atoms with Gasteiger partial charge in [-0.2, -0.15) is 0 Å². The molecule has 0 spiro atoms. The normalized spacial score (nSPS) is 28.1. The van der Waals surface area contributed by atoms with Gasteiger partial charge in [0.15, 0.2) is 0 Å². The van der Waals surface area contributed by atoms with Gasteiger partial charge in [0.1, 0.15) is 0 Å². The van der Waals surface area contributed by atoms with E-state index in [1.165, 1.54) is 36.4 Å². The number of aromatic nitrogens is 1. The van der Waals surface area contributed by atoms with Crippen LogP contribution in [-0.2, 0) is 17.9 Å². The van der Waals surface area contributed by atoms with Crippen molar-refractivity contribution in [2.24, 2.45) is 11.8 Å². The number of hydrogen-bond acceptors (Lipinski definition) is 4. The van der Waals surface area contributed by atoms with E-state index in [1.807, 2.05) is 11.7 Å². The Morgan fingerprint density at radius 1 is 1.14 bits per heavy atom. The molecular weight excluding hydrogens is 292 g/mol. The first-order valence-electron chi connectivity index (χ1n) is 8.12. The zero-order valence-corrected chi connectivity index (χ0v) is 13.5.